The van der Waals surface area contributed by atoms with E-state index in [2.05, 4.69) is 27.3 Å². The molecule has 2 aliphatic heterocycles. The lowest BCUT2D eigenvalue weighted by Crippen LogP contribution is -2.41. The highest BCUT2D eigenvalue weighted by molar-refractivity contribution is 6.05. The number of nitrogens with one attached hydrogen (secondary N) is 1. The Labute approximate surface area is 306 Å². The number of carbonyl (C=O) groups is 3. The molecule has 2 amide bonds. The van der Waals surface area contributed by atoms with Gasteiger partial charge < -0.3 is 19.7 Å². The van der Waals surface area contributed by atoms with Crippen LogP contribution in [0.3, 0.4) is 0 Å². The zero-order valence-electron chi connectivity index (χ0n) is 31.6. The molecule has 1 unspecified atom stereocenters. The van der Waals surface area contributed by atoms with E-state index in [9.17, 15) is 14.4 Å². The molecule has 4 aromatic rings. The lowest BCUT2D eigenvalue weighted by atomic mass is 9.92. The molecular formula is C40H53N7O5. The van der Waals surface area contributed by atoms with Crippen LogP contribution < -0.4 is 5.32 Å². The second-order valence-electron chi connectivity index (χ2n) is 16.2. The van der Waals surface area contributed by atoms with E-state index in [1.54, 1.807) is 22.9 Å². The van der Waals surface area contributed by atoms with Crippen molar-refractivity contribution in [3.8, 4) is 11.1 Å². The number of nitrogens with zero attached hydrogens (tertiary/aromatic N) is 6. The molecule has 1 N–H and O–H groups in total. The van der Waals surface area contributed by atoms with Gasteiger partial charge in [0.25, 0.3) is 5.91 Å². The molecule has 12 heteroatoms. The molecule has 2 saturated heterocycles. The van der Waals surface area contributed by atoms with Gasteiger partial charge in [-0.2, -0.15) is 5.10 Å². The maximum absolute atomic E-state index is 13.5. The van der Waals surface area contributed by atoms with Crippen molar-refractivity contribution in [3.63, 3.8) is 0 Å². The van der Waals surface area contributed by atoms with Gasteiger partial charge >= 0.3 is 12.2 Å². The number of aromatic nitrogens is 4. The molecule has 2 fully saturated rings. The Morgan fingerprint density at radius 1 is 0.885 bits per heavy atom. The number of likely N-dealkylation sites (tertiary alicyclic amines) is 2. The Morgan fingerprint density at radius 3 is 2.31 bits per heavy atom. The van der Waals surface area contributed by atoms with E-state index >= 15 is 0 Å². The maximum atomic E-state index is 13.5. The van der Waals surface area contributed by atoms with Gasteiger partial charge in [-0.05, 0) is 123 Å². The number of fused-ring (bicyclic) bond motifs is 1. The number of carbonyl (C=O) groups excluding carboxylic acids is 3. The zero-order chi connectivity index (χ0) is 37.2. The van der Waals surface area contributed by atoms with Gasteiger partial charge in [-0.1, -0.05) is 12.1 Å². The summed E-state index contributed by atoms with van der Waals surface area (Å²) in [6, 6.07) is 11.3. The Kier molecular flexibility index (Phi) is 10.8. The quantitative estimate of drug-likeness (QED) is 0.194. The largest absolute Gasteiger partial charge is 0.444 e. The summed E-state index contributed by atoms with van der Waals surface area (Å²) < 4.78 is 14.9. The van der Waals surface area contributed by atoms with Gasteiger partial charge in [-0.25, -0.2) is 19.1 Å². The van der Waals surface area contributed by atoms with Crippen LogP contribution in [0.2, 0.25) is 0 Å². The van der Waals surface area contributed by atoms with Crippen molar-refractivity contribution in [1.29, 1.82) is 0 Å². The minimum absolute atomic E-state index is 0.0840. The number of ether oxygens (including phenoxy) is 2. The molecule has 0 bridgehead atoms. The standard InChI is InChI=1S/C40H53N7O5/c1-39(2,3)51-37(49)45-19-15-27(16-20-45)11-9-18-46-26-31(25-42-46)28-12-8-13-29(21-28)36(48)43-35-23-33-30(24-41-35)22-34(32-14-10-17-44(32)7)47(33)38(50)52-40(4,5)6/h8,12-13,21-27,32H,9-11,14-20H2,1-7H3,(H,41,43,48). The van der Waals surface area contributed by atoms with Crippen LogP contribution in [-0.4, -0.2) is 85.1 Å². The van der Waals surface area contributed by atoms with E-state index in [1.165, 1.54) is 0 Å². The number of amides is 2. The van der Waals surface area contributed by atoms with Crippen molar-refractivity contribution in [1.82, 2.24) is 29.1 Å². The number of aryl methyl sites for hydroxylation is 1. The van der Waals surface area contributed by atoms with Gasteiger partial charge in [0, 0.05) is 60.3 Å². The van der Waals surface area contributed by atoms with Gasteiger partial charge in [0.1, 0.15) is 17.0 Å². The molecule has 3 aromatic heterocycles. The number of rotatable bonds is 8. The molecule has 0 radical (unpaired) electrons. The van der Waals surface area contributed by atoms with Crippen LogP contribution in [0, 0.1) is 5.92 Å². The van der Waals surface area contributed by atoms with E-state index in [0.29, 0.717) is 22.8 Å². The first kappa shape index (κ1) is 37.1. The highest BCUT2D eigenvalue weighted by Gasteiger charge is 2.31. The van der Waals surface area contributed by atoms with Gasteiger partial charge in [-0.15, -0.1) is 0 Å². The average molecular weight is 712 g/mol. The summed E-state index contributed by atoms with van der Waals surface area (Å²) in [4.78, 5) is 48.0. The van der Waals surface area contributed by atoms with Crippen LogP contribution in [-0.2, 0) is 16.0 Å². The molecule has 12 nitrogen and oxygen atoms in total. The van der Waals surface area contributed by atoms with E-state index in [1.807, 2.05) is 87.8 Å². The maximum Gasteiger partial charge on any atom is 0.419 e. The molecule has 0 saturated carbocycles. The van der Waals surface area contributed by atoms with Gasteiger partial charge in [-0.3, -0.25) is 14.4 Å². The SMILES string of the molecule is CN1CCCC1c1cc2cnc(NC(=O)c3cccc(-c4cnn(CCCC5CCN(C(=O)OC(C)(C)C)CC5)c4)c3)cc2n1C(=O)OC(C)(C)C. The van der Waals surface area contributed by atoms with Gasteiger partial charge in [0.15, 0.2) is 0 Å². The lowest BCUT2D eigenvalue weighted by molar-refractivity contribution is 0.0179. The average Bonchev–Trinajstić information content (AvgIpc) is 3.82. The molecule has 2 aliphatic rings. The second kappa shape index (κ2) is 15.1. The van der Waals surface area contributed by atoms with Gasteiger partial charge in [0.2, 0.25) is 0 Å². The molecule has 0 spiro atoms. The predicted molar refractivity (Wildman–Crippen MR) is 201 cm³/mol. The third-order valence-corrected chi connectivity index (χ3v) is 9.75. The van der Waals surface area contributed by atoms with Crippen LogP contribution >= 0.6 is 0 Å². The van der Waals surface area contributed by atoms with Crippen molar-refractivity contribution >= 4 is 34.8 Å². The summed E-state index contributed by atoms with van der Waals surface area (Å²) in [5, 5.41) is 8.33. The van der Waals surface area contributed by atoms with Crippen molar-refractivity contribution in [2.75, 3.05) is 32.0 Å². The molecule has 5 heterocycles. The molecular weight excluding hydrogens is 658 g/mol. The number of piperidine rings is 1. The molecule has 0 aliphatic carbocycles. The fourth-order valence-electron chi connectivity index (χ4n) is 7.17. The number of benzene rings is 1. The molecule has 1 atom stereocenters. The number of hydrogen-bond donors (Lipinski definition) is 1. The van der Waals surface area contributed by atoms with Gasteiger partial charge in [0.05, 0.1) is 17.8 Å². The minimum Gasteiger partial charge on any atom is -0.444 e. The third kappa shape index (κ3) is 9.01. The topological polar surface area (TPSA) is 124 Å². The van der Waals surface area contributed by atoms with E-state index in [4.69, 9.17) is 9.47 Å². The number of hydrogen-bond acceptors (Lipinski definition) is 8. The summed E-state index contributed by atoms with van der Waals surface area (Å²) in [5.41, 5.74) is 2.67. The lowest BCUT2D eigenvalue weighted by Gasteiger charge is -2.33. The highest BCUT2D eigenvalue weighted by Crippen LogP contribution is 2.35. The second-order valence-corrected chi connectivity index (χ2v) is 16.2. The summed E-state index contributed by atoms with van der Waals surface area (Å²) >= 11 is 0. The monoisotopic (exact) mass is 711 g/mol. The van der Waals surface area contributed by atoms with E-state index in [-0.39, 0.29) is 18.0 Å². The van der Waals surface area contributed by atoms with E-state index < -0.39 is 17.3 Å². The fraction of sp³-hybridized carbons (Fsp3) is 0.525. The predicted octanol–water partition coefficient (Wildman–Crippen LogP) is 8.13. The van der Waals surface area contributed by atoms with Crippen molar-refractivity contribution in [2.45, 2.75) is 104 Å². The molecule has 52 heavy (non-hydrogen) atoms. The first-order valence-electron chi connectivity index (χ1n) is 18.5. The minimum atomic E-state index is -0.665. The molecule has 6 rings (SSSR count). The van der Waals surface area contributed by atoms with Crippen molar-refractivity contribution in [2.24, 2.45) is 5.92 Å². The Hall–Kier alpha value is -4.71. The summed E-state index contributed by atoms with van der Waals surface area (Å²) in [7, 11) is 2.07. The van der Waals surface area contributed by atoms with E-state index in [0.717, 1.165) is 86.9 Å². The van der Waals surface area contributed by atoms with Crippen LogP contribution in [0.15, 0.2) is 55.0 Å². The molecule has 278 valence electrons. The van der Waals surface area contributed by atoms with Crippen molar-refractivity contribution < 1.29 is 23.9 Å². The van der Waals surface area contributed by atoms with Crippen molar-refractivity contribution in [3.05, 3.63) is 66.2 Å². The number of anilines is 1. The third-order valence-electron chi connectivity index (χ3n) is 9.75. The summed E-state index contributed by atoms with van der Waals surface area (Å²) in [5.74, 6) is 0.627. The van der Waals surface area contributed by atoms with Crippen LogP contribution in [0.1, 0.15) is 102 Å². The Bertz CT molecular complexity index is 1910. The van der Waals surface area contributed by atoms with Crippen LogP contribution in [0.5, 0.6) is 0 Å². The van der Waals surface area contributed by atoms with Crippen LogP contribution in [0.4, 0.5) is 15.4 Å². The molecule has 1 aromatic carbocycles. The first-order chi connectivity index (χ1) is 24.6. The van der Waals surface area contributed by atoms with Crippen LogP contribution in [0.25, 0.3) is 22.0 Å². The summed E-state index contributed by atoms with van der Waals surface area (Å²) in [6.45, 7) is 14.5. The first-order valence-corrected chi connectivity index (χ1v) is 18.5. The summed E-state index contributed by atoms with van der Waals surface area (Å²) in [6.07, 6.45) is 10.9. The normalized spacial score (nSPS) is 17.4. The fourth-order valence-corrected chi connectivity index (χ4v) is 7.17. The smallest absolute Gasteiger partial charge is 0.419 e. The highest BCUT2D eigenvalue weighted by atomic mass is 16.6. The Balaban J connectivity index is 1.08. The number of pyridine rings is 1. The zero-order valence-corrected chi connectivity index (χ0v) is 31.6. The Morgan fingerprint density at radius 2 is 1.62 bits per heavy atom.